The summed E-state index contributed by atoms with van der Waals surface area (Å²) in [5.74, 6) is -0.444. The fourth-order valence-corrected chi connectivity index (χ4v) is 5.67. The maximum absolute atomic E-state index is 13.3. The van der Waals surface area contributed by atoms with E-state index in [1.165, 1.54) is 12.1 Å². The van der Waals surface area contributed by atoms with Gasteiger partial charge < -0.3 is 15.0 Å². The number of piperidine rings is 1. The predicted molar refractivity (Wildman–Crippen MR) is 153 cm³/mol. The number of likely N-dealkylation sites (tertiary alicyclic amines) is 1. The summed E-state index contributed by atoms with van der Waals surface area (Å²) in [6, 6.07) is 21.9. The summed E-state index contributed by atoms with van der Waals surface area (Å²) in [7, 11) is 0. The number of carbonyl (C=O) groups is 2. The van der Waals surface area contributed by atoms with Crippen LogP contribution in [0.1, 0.15) is 61.0 Å². The topological polar surface area (TPSA) is 58.6 Å². The van der Waals surface area contributed by atoms with Crippen molar-refractivity contribution >= 4 is 11.9 Å². The lowest BCUT2D eigenvalue weighted by molar-refractivity contribution is -0.145. The molecule has 1 saturated heterocycles. The van der Waals surface area contributed by atoms with Crippen molar-refractivity contribution in [1.29, 1.82) is 0 Å². The molecule has 0 radical (unpaired) electrons. The van der Waals surface area contributed by atoms with E-state index >= 15 is 0 Å². The Hall–Kier alpha value is -3.65. The van der Waals surface area contributed by atoms with Gasteiger partial charge >= 0.3 is 12.1 Å². The highest BCUT2D eigenvalue weighted by molar-refractivity contribution is 6.01. The van der Waals surface area contributed by atoms with Gasteiger partial charge in [0.05, 0.1) is 18.6 Å². The van der Waals surface area contributed by atoms with Crippen molar-refractivity contribution in [2.75, 3.05) is 26.2 Å². The number of rotatable bonds is 10. The quantitative estimate of drug-likeness (QED) is 0.272. The molecule has 1 N–H and O–H groups in total. The van der Waals surface area contributed by atoms with E-state index < -0.39 is 11.7 Å². The molecule has 0 aromatic heterocycles. The molecule has 0 aliphatic carbocycles. The molecular formula is C33H37F3N2O3. The number of esters is 1. The Balaban J connectivity index is 1.41. The number of ether oxygens (including phenoxy) is 1. The number of halogens is 3. The summed E-state index contributed by atoms with van der Waals surface area (Å²) in [6.07, 6.45) is -1.82. The molecule has 1 fully saturated rings. The minimum Gasteiger partial charge on any atom is -0.466 e. The zero-order valence-electron chi connectivity index (χ0n) is 23.5. The molecule has 1 amide bonds. The van der Waals surface area contributed by atoms with Crippen LogP contribution in [0.5, 0.6) is 0 Å². The molecule has 218 valence electrons. The van der Waals surface area contributed by atoms with Crippen molar-refractivity contribution in [2.24, 2.45) is 0 Å². The van der Waals surface area contributed by atoms with Crippen LogP contribution in [-0.2, 0) is 21.1 Å². The van der Waals surface area contributed by atoms with Crippen molar-refractivity contribution in [2.45, 2.75) is 57.2 Å². The van der Waals surface area contributed by atoms with E-state index in [2.05, 4.69) is 29.3 Å². The summed E-state index contributed by atoms with van der Waals surface area (Å²) < 4.78 is 44.4. The van der Waals surface area contributed by atoms with Gasteiger partial charge in [0, 0.05) is 36.7 Å². The Kier molecular flexibility index (Phi) is 9.86. The zero-order valence-corrected chi connectivity index (χ0v) is 23.5. The predicted octanol–water partition coefficient (Wildman–Crippen LogP) is 6.87. The zero-order chi connectivity index (χ0) is 29.5. The lowest BCUT2D eigenvalue weighted by Crippen LogP contribution is -2.49. The Bertz CT molecular complexity index is 1300. The number of nitrogens with one attached hydrogen (secondary N) is 1. The number of hydrogen-bond donors (Lipinski definition) is 1. The van der Waals surface area contributed by atoms with Gasteiger partial charge in [-0.15, -0.1) is 0 Å². The molecule has 1 atom stereocenters. The fourth-order valence-electron chi connectivity index (χ4n) is 5.67. The first kappa shape index (κ1) is 30.3. The number of hydrogen-bond acceptors (Lipinski definition) is 4. The number of alkyl halides is 3. The third-order valence-electron chi connectivity index (χ3n) is 7.99. The highest BCUT2D eigenvalue weighted by Crippen LogP contribution is 2.35. The van der Waals surface area contributed by atoms with Crippen LogP contribution in [0, 0.1) is 0 Å². The molecule has 0 saturated carbocycles. The number of carbonyl (C=O) groups excluding carboxylic acids is 2. The van der Waals surface area contributed by atoms with Crippen LogP contribution in [-0.4, -0.2) is 49.1 Å². The Morgan fingerprint density at radius 1 is 0.878 bits per heavy atom. The average Bonchev–Trinajstić information content (AvgIpc) is 2.98. The van der Waals surface area contributed by atoms with Crippen LogP contribution in [0.4, 0.5) is 13.2 Å². The van der Waals surface area contributed by atoms with Gasteiger partial charge in [0.2, 0.25) is 0 Å². The number of nitrogens with zero attached hydrogens (tertiary/aromatic N) is 1. The number of benzene rings is 3. The number of amides is 1. The van der Waals surface area contributed by atoms with Crippen LogP contribution in [0.25, 0.3) is 11.1 Å². The van der Waals surface area contributed by atoms with Gasteiger partial charge in [0.15, 0.2) is 0 Å². The van der Waals surface area contributed by atoms with E-state index in [1.54, 1.807) is 24.3 Å². The molecule has 1 unspecified atom stereocenters. The van der Waals surface area contributed by atoms with Gasteiger partial charge in [-0.25, -0.2) is 0 Å². The van der Waals surface area contributed by atoms with Crippen LogP contribution in [0.3, 0.4) is 0 Å². The second kappa shape index (κ2) is 13.3. The van der Waals surface area contributed by atoms with E-state index in [1.807, 2.05) is 25.1 Å². The van der Waals surface area contributed by atoms with Crippen molar-refractivity contribution in [3.05, 3.63) is 95.6 Å². The normalized spacial score (nSPS) is 16.1. The Morgan fingerprint density at radius 2 is 1.51 bits per heavy atom. The third-order valence-corrected chi connectivity index (χ3v) is 7.99. The van der Waals surface area contributed by atoms with Crippen molar-refractivity contribution in [3.63, 3.8) is 0 Å². The Morgan fingerprint density at radius 3 is 2.12 bits per heavy atom. The summed E-state index contributed by atoms with van der Waals surface area (Å²) in [6.45, 7) is 6.51. The molecule has 0 spiro atoms. The summed E-state index contributed by atoms with van der Waals surface area (Å²) in [4.78, 5) is 28.3. The Labute approximate surface area is 239 Å². The lowest BCUT2D eigenvalue weighted by Gasteiger charge is -2.41. The fraction of sp³-hybridized carbons (Fsp3) is 0.394. The standard InChI is InChI=1S/C33H37F3N2O3/c1-3-32(22-30(39)41-4-2,25-10-6-5-7-11-25)23-38-20-18-27(19-21-38)37-31(40)29-13-9-8-12-28(29)24-14-16-26(17-15-24)33(34,35)36/h5-17,27H,3-4,18-23H2,1-2H3,(H,37,40). The van der Waals surface area contributed by atoms with E-state index in [9.17, 15) is 22.8 Å². The highest BCUT2D eigenvalue weighted by atomic mass is 19.4. The molecule has 8 heteroatoms. The van der Waals surface area contributed by atoms with E-state index in [0.717, 1.165) is 50.0 Å². The monoisotopic (exact) mass is 566 g/mol. The molecule has 4 rings (SSSR count). The van der Waals surface area contributed by atoms with Crippen molar-refractivity contribution in [1.82, 2.24) is 10.2 Å². The smallest absolute Gasteiger partial charge is 0.416 e. The van der Waals surface area contributed by atoms with Gasteiger partial charge in [0.1, 0.15) is 0 Å². The molecule has 1 aliphatic heterocycles. The molecular weight excluding hydrogens is 529 g/mol. The van der Waals surface area contributed by atoms with Gasteiger partial charge in [-0.05, 0) is 61.1 Å². The first-order valence-corrected chi connectivity index (χ1v) is 14.2. The van der Waals surface area contributed by atoms with Gasteiger partial charge in [-0.2, -0.15) is 13.2 Å². The third kappa shape index (κ3) is 7.55. The molecule has 3 aromatic rings. The summed E-state index contributed by atoms with van der Waals surface area (Å²) >= 11 is 0. The second-order valence-electron chi connectivity index (χ2n) is 10.6. The van der Waals surface area contributed by atoms with Gasteiger partial charge in [0.25, 0.3) is 5.91 Å². The van der Waals surface area contributed by atoms with Crippen molar-refractivity contribution in [3.8, 4) is 11.1 Å². The summed E-state index contributed by atoms with van der Waals surface area (Å²) in [5, 5.41) is 3.14. The maximum Gasteiger partial charge on any atom is 0.416 e. The second-order valence-corrected chi connectivity index (χ2v) is 10.6. The van der Waals surface area contributed by atoms with Gasteiger partial charge in [-0.3, -0.25) is 9.59 Å². The maximum atomic E-state index is 13.3. The molecule has 5 nitrogen and oxygen atoms in total. The molecule has 1 heterocycles. The molecule has 1 aliphatic rings. The minimum absolute atomic E-state index is 0.0304. The van der Waals surface area contributed by atoms with Crippen molar-refractivity contribution < 1.29 is 27.5 Å². The highest BCUT2D eigenvalue weighted by Gasteiger charge is 2.37. The van der Waals surface area contributed by atoms with Crippen LogP contribution in [0.2, 0.25) is 0 Å². The summed E-state index contributed by atoms with van der Waals surface area (Å²) in [5.41, 5.74) is 1.59. The first-order valence-electron chi connectivity index (χ1n) is 14.2. The largest absolute Gasteiger partial charge is 0.466 e. The van der Waals surface area contributed by atoms with Crippen LogP contribution < -0.4 is 5.32 Å². The first-order chi connectivity index (χ1) is 19.6. The molecule has 0 bridgehead atoms. The SMILES string of the molecule is CCOC(=O)CC(CC)(CN1CCC(NC(=O)c2ccccc2-c2ccc(C(F)(F)F)cc2)CC1)c1ccccc1. The minimum atomic E-state index is -4.42. The van der Waals surface area contributed by atoms with E-state index in [4.69, 9.17) is 4.74 Å². The molecule has 3 aromatic carbocycles. The van der Waals surface area contributed by atoms with Gasteiger partial charge in [-0.1, -0.05) is 67.6 Å². The van der Waals surface area contributed by atoms with Crippen LogP contribution in [0.15, 0.2) is 78.9 Å². The average molecular weight is 567 g/mol. The van der Waals surface area contributed by atoms with E-state index in [-0.39, 0.29) is 23.3 Å². The molecule has 41 heavy (non-hydrogen) atoms. The van der Waals surface area contributed by atoms with Crippen LogP contribution >= 0.6 is 0 Å². The lowest BCUT2D eigenvalue weighted by atomic mass is 9.74. The van der Waals surface area contributed by atoms with E-state index in [0.29, 0.717) is 36.3 Å².